The highest BCUT2D eigenvalue weighted by Gasteiger charge is 2.23. The molecule has 0 aliphatic heterocycles. The van der Waals surface area contributed by atoms with Crippen LogP contribution in [0.25, 0.3) is 116 Å². The molecule has 0 atom stereocenters. The maximum Gasteiger partial charge on any atom is 0.135 e. The zero-order chi connectivity index (χ0) is 41.9. The van der Waals surface area contributed by atoms with Gasteiger partial charge in [0.1, 0.15) is 11.2 Å². The van der Waals surface area contributed by atoms with E-state index in [1.165, 1.54) is 73.6 Å². The van der Waals surface area contributed by atoms with Gasteiger partial charge in [0.2, 0.25) is 0 Å². The zero-order valence-corrected chi connectivity index (χ0v) is 34.9. The van der Waals surface area contributed by atoms with Gasteiger partial charge in [0.25, 0.3) is 0 Å². The van der Waals surface area contributed by atoms with Gasteiger partial charge in [-0.1, -0.05) is 84.9 Å². The molecule has 1 aliphatic rings. The van der Waals surface area contributed by atoms with Gasteiger partial charge < -0.3 is 18.1 Å². The molecule has 6 aromatic heterocycles. The van der Waals surface area contributed by atoms with Crippen molar-refractivity contribution >= 4 is 76.5 Å². The Balaban J connectivity index is 0.910. The number of hydrogen-bond donors (Lipinski definition) is 0. The molecule has 0 fully saturated rings. The largest absolute Gasteiger partial charge is 0.456 e. The van der Waals surface area contributed by atoms with Crippen LogP contribution in [0.5, 0.6) is 0 Å². The summed E-state index contributed by atoms with van der Waals surface area (Å²) in [6, 6.07) is 60.1. The van der Waals surface area contributed by atoms with Gasteiger partial charge in [0, 0.05) is 85.2 Å². The van der Waals surface area contributed by atoms with Crippen LogP contribution in [0.2, 0.25) is 0 Å². The first kappa shape index (κ1) is 35.4. The standard InChI is InChI=1S/C58H39N5O/c1-5-13-51-43(9-1)44-10-2-6-14-52(44)62(51)41-29-39(30-42(32-41)63-53-15-7-3-11-45(53)46-12-4-8-16-54(46)63)37-19-17-36(18-20-37)38-21-23-57-47(31-38)48-33-40(22-24-58(48)64-57)61-55-25-27-59-34-49(55)50-35-60-28-26-56(50)61/h1-3,5-7,9-11,13-15,17-35H,4,8,12,16H2. The lowest BCUT2D eigenvalue weighted by atomic mass is 9.95. The summed E-state index contributed by atoms with van der Waals surface area (Å²) in [5.74, 6) is 0. The first-order chi connectivity index (χ1) is 31.7. The topological polar surface area (TPSA) is 53.7 Å². The number of rotatable bonds is 5. The fourth-order valence-electron chi connectivity index (χ4n) is 10.9. The number of furan rings is 1. The Morgan fingerprint density at radius 2 is 0.875 bits per heavy atom. The minimum Gasteiger partial charge on any atom is -0.456 e. The van der Waals surface area contributed by atoms with Gasteiger partial charge in [0.15, 0.2) is 0 Å². The summed E-state index contributed by atoms with van der Waals surface area (Å²) in [6.07, 6.45) is 12.2. The molecule has 0 spiro atoms. The van der Waals surface area contributed by atoms with Crippen molar-refractivity contribution in [3.05, 3.63) is 200 Å². The van der Waals surface area contributed by atoms with Crippen molar-refractivity contribution in [2.24, 2.45) is 0 Å². The van der Waals surface area contributed by atoms with E-state index in [1.807, 2.05) is 24.8 Å². The van der Waals surface area contributed by atoms with Gasteiger partial charge in [0.05, 0.1) is 27.6 Å². The smallest absolute Gasteiger partial charge is 0.135 e. The van der Waals surface area contributed by atoms with Crippen LogP contribution in [-0.2, 0) is 12.8 Å². The first-order valence-electron chi connectivity index (χ1n) is 22.2. The molecule has 64 heavy (non-hydrogen) atoms. The van der Waals surface area contributed by atoms with Crippen LogP contribution < -0.4 is 0 Å². The van der Waals surface area contributed by atoms with Gasteiger partial charge in [-0.15, -0.1) is 0 Å². The Labute approximate surface area is 367 Å². The monoisotopic (exact) mass is 821 g/mol. The summed E-state index contributed by atoms with van der Waals surface area (Å²) in [6.45, 7) is 0. The number of nitrogens with zero attached hydrogens (tertiary/aromatic N) is 5. The van der Waals surface area contributed by atoms with Crippen molar-refractivity contribution in [3.63, 3.8) is 0 Å². The van der Waals surface area contributed by atoms with E-state index in [4.69, 9.17) is 4.42 Å². The van der Waals surface area contributed by atoms with Crippen molar-refractivity contribution in [2.75, 3.05) is 0 Å². The molecule has 6 heteroatoms. The summed E-state index contributed by atoms with van der Waals surface area (Å²) in [7, 11) is 0. The molecule has 0 bridgehead atoms. The third-order valence-corrected chi connectivity index (χ3v) is 13.8. The number of aryl methyl sites for hydroxylation is 1. The molecular weight excluding hydrogens is 783 g/mol. The van der Waals surface area contributed by atoms with Gasteiger partial charge in [-0.3, -0.25) is 9.97 Å². The van der Waals surface area contributed by atoms with E-state index >= 15 is 0 Å². The van der Waals surface area contributed by atoms with Crippen molar-refractivity contribution in [1.29, 1.82) is 0 Å². The van der Waals surface area contributed by atoms with E-state index in [2.05, 4.69) is 187 Å². The molecular formula is C58H39N5O. The molecule has 0 unspecified atom stereocenters. The van der Waals surface area contributed by atoms with Crippen LogP contribution >= 0.6 is 0 Å². The quantitative estimate of drug-likeness (QED) is 0.174. The SMILES string of the molecule is c1ccc2c(c1)c1c(n2-c2cc(-c3ccc(-c4ccc5oc6ccc(-n7c8ccncc8c8cnccc87)cc6c5c4)cc3)cc(-n3c4ccccc4c4ccccc43)c2)CCCC1. The summed E-state index contributed by atoms with van der Waals surface area (Å²) in [4.78, 5) is 8.86. The molecule has 0 saturated carbocycles. The fraction of sp³-hybridized carbons (Fsp3) is 0.0690. The lowest BCUT2D eigenvalue weighted by Gasteiger charge is -2.19. The van der Waals surface area contributed by atoms with E-state index in [1.54, 1.807) is 0 Å². The van der Waals surface area contributed by atoms with Crippen LogP contribution in [0, 0.1) is 0 Å². The van der Waals surface area contributed by atoms with Crippen LogP contribution in [0.1, 0.15) is 24.1 Å². The highest BCUT2D eigenvalue weighted by atomic mass is 16.3. The average molecular weight is 822 g/mol. The Hall–Kier alpha value is -8.22. The molecule has 0 amide bonds. The molecule has 13 aromatic rings. The normalized spacial score (nSPS) is 13.1. The van der Waals surface area contributed by atoms with Crippen molar-refractivity contribution < 1.29 is 4.42 Å². The molecule has 0 radical (unpaired) electrons. The van der Waals surface area contributed by atoms with E-state index in [0.29, 0.717) is 0 Å². The second kappa shape index (κ2) is 13.6. The Bertz CT molecular complexity index is 3920. The number of para-hydroxylation sites is 3. The molecule has 302 valence electrons. The van der Waals surface area contributed by atoms with E-state index in [0.717, 1.165) is 79.1 Å². The second-order valence-corrected chi connectivity index (χ2v) is 17.3. The summed E-state index contributed by atoms with van der Waals surface area (Å²) in [5, 5.41) is 8.25. The van der Waals surface area contributed by atoms with Gasteiger partial charge in [-0.2, -0.15) is 0 Å². The zero-order valence-electron chi connectivity index (χ0n) is 34.9. The molecule has 14 rings (SSSR count). The van der Waals surface area contributed by atoms with Gasteiger partial charge in [-0.25, -0.2) is 0 Å². The third kappa shape index (κ3) is 5.20. The Kier molecular flexibility index (Phi) is 7.54. The maximum absolute atomic E-state index is 6.43. The molecule has 0 N–H and O–H groups in total. The molecule has 7 aromatic carbocycles. The molecule has 6 heterocycles. The fourth-order valence-corrected chi connectivity index (χ4v) is 10.9. The van der Waals surface area contributed by atoms with Gasteiger partial charge >= 0.3 is 0 Å². The number of hydrogen-bond acceptors (Lipinski definition) is 3. The maximum atomic E-state index is 6.43. The number of benzene rings is 7. The first-order valence-corrected chi connectivity index (χ1v) is 22.2. The molecule has 6 nitrogen and oxygen atoms in total. The van der Waals surface area contributed by atoms with E-state index in [-0.39, 0.29) is 0 Å². The number of aromatic nitrogens is 5. The molecule has 0 saturated heterocycles. The highest BCUT2D eigenvalue weighted by Crippen LogP contribution is 2.41. The van der Waals surface area contributed by atoms with E-state index < -0.39 is 0 Å². The van der Waals surface area contributed by atoms with Crippen LogP contribution in [0.4, 0.5) is 0 Å². The van der Waals surface area contributed by atoms with Crippen LogP contribution in [0.15, 0.2) is 193 Å². The lowest BCUT2D eigenvalue weighted by Crippen LogP contribution is -2.08. The summed E-state index contributed by atoms with van der Waals surface area (Å²) in [5.41, 5.74) is 18.7. The Morgan fingerprint density at radius 3 is 1.56 bits per heavy atom. The predicted octanol–water partition coefficient (Wildman–Crippen LogP) is 14.7. The number of fused-ring (bicyclic) bond motifs is 12. The van der Waals surface area contributed by atoms with Crippen molar-refractivity contribution in [1.82, 2.24) is 23.7 Å². The number of pyridine rings is 2. The van der Waals surface area contributed by atoms with Gasteiger partial charge in [-0.05, 0) is 132 Å². The predicted molar refractivity (Wildman–Crippen MR) is 262 cm³/mol. The molecule has 1 aliphatic carbocycles. The van der Waals surface area contributed by atoms with Crippen molar-refractivity contribution in [2.45, 2.75) is 25.7 Å². The minimum atomic E-state index is 0.867. The van der Waals surface area contributed by atoms with Crippen LogP contribution in [-0.4, -0.2) is 23.7 Å². The van der Waals surface area contributed by atoms with Crippen molar-refractivity contribution in [3.8, 4) is 39.3 Å². The Morgan fingerprint density at radius 1 is 0.359 bits per heavy atom. The second-order valence-electron chi connectivity index (χ2n) is 17.3. The van der Waals surface area contributed by atoms with E-state index in [9.17, 15) is 0 Å². The highest BCUT2D eigenvalue weighted by molar-refractivity contribution is 6.11. The third-order valence-electron chi connectivity index (χ3n) is 13.8. The summed E-state index contributed by atoms with van der Waals surface area (Å²) >= 11 is 0. The van der Waals surface area contributed by atoms with Crippen LogP contribution in [0.3, 0.4) is 0 Å². The summed E-state index contributed by atoms with van der Waals surface area (Å²) < 4.78 is 13.7. The average Bonchev–Trinajstić information content (AvgIpc) is 4.10. The minimum absolute atomic E-state index is 0.867. The lowest BCUT2D eigenvalue weighted by molar-refractivity contribution is 0.667.